The predicted octanol–water partition coefficient (Wildman–Crippen LogP) is 4.06. The van der Waals surface area contributed by atoms with Crippen molar-refractivity contribution < 1.29 is 0 Å². The average Bonchev–Trinajstić information content (AvgIpc) is 2.16. The lowest BCUT2D eigenvalue weighted by atomic mass is 9.92. The molecule has 70 valence electrons. The molecular formula is C13H18. The molecule has 0 nitrogen and oxygen atoms in total. The summed E-state index contributed by atoms with van der Waals surface area (Å²) in [5, 5.41) is 0. The van der Waals surface area contributed by atoms with Gasteiger partial charge >= 0.3 is 0 Å². The molecule has 0 fully saturated rings. The zero-order valence-corrected chi connectivity index (χ0v) is 8.75. The Labute approximate surface area is 81.3 Å². The lowest BCUT2D eigenvalue weighted by Crippen LogP contribution is -1.95. The molecule has 0 N–H and O–H groups in total. The highest BCUT2D eigenvalue weighted by atomic mass is 14.1. The molecule has 0 aliphatic rings. The van der Waals surface area contributed by atoms with Crippen LogP contribution in [-0.2, 0) is 0 Å². The minimum absolute atomic E-state index is 0.589. The molecule has 0 amide bonds. The molecule has 0 saturated heterocycles. The molecule has 0 heterocycles. The molecule has 0 aliphatic heterocycles. The smallest absolute Gasteiger partial charge is 0.00178 e. The van der Waals surface area contributed by atoms with Crippen LogP contribution >= 0.6 is 0 Å². The lowest BCUT2D eigenvalue weighted by molar-refractivity contribution is 0.797. The van der Waals surface area contributed by atoms with E-state index in [2.05, 4.69) is 57.2 Å². The van der Waals surface area contributed by atoms with Gasteiger partial charge < -0.3 is 0 Å². The van der Waals surface area contributed by atoms with Gasteiger partial charge in [-0.3, -0.25) is 0 Å². The van der Waals surface area contributed by atoms with Crippen LogP contribution in [0.5, 0.6) is 0 Å². The summed E-state index contributed by atoms with van der Waals surface area (Å²) >= 11 is 0. The summed E-state index contributed by atoms with van der Waals surface area (Å²) in [6.45, 7) is 6.50. The van der Waals surface area contributed by atoms with Crippen molar-refractivity contribution in [2.24, 2.45) is 0 Å². The van der Waals surface area contributed by atoms with Gasteiger partial charge in [-0.25, -0.2) is 0 Å². The molecular weight excluding hydrogens is 156 g/mol. The Kier molecular flexibility index (Phi) is 3.75. The van der Waals surface area contributed by atoms with Crippen molar-refractivity contribution in [3.8, 4) is 0 Å². The maximum absolute atomic E-state index is 2.28. The van der Waals surface area contributed by atoms with Crippen LogP contribution in [0.25, 0.3) is 0 Å². The molecule has 1 rings (SSSR count). The number of rotatable bonds is 3. The molecule has 0 saturated carbocycles. The molecule has 1 aromatic rings. The van der Waals surface area contributed by atoms with E-state index in [0.29, 0.717) is 5.92 Å². The minimum Gasteiger partial charge on any atom is -0.0910 e. The maximum atomic E-state index is 2.28. The normalized spacial score (nSPS) is 13.5. The average molecular weight is 174 g/mol. The van der Waals surface area contributed by atoms with Crippen LogP contribution in [0.2, 0.25) is 0 Å². The molecule has 0 spiro atoms. The van der Waals surface area contributed by atoms with E-state index in [1.54, 1.807) is 0 Å². The molecule has 0 radical (unpaired) electrons. The van der Waals surface area contributed by atoms with Gasteiger partial charge in [-0.15, -0.1) is 0 Å². The highest BCUT2D eigenvalue weighted by Crippen LogP contribution is 2.23. The van der Waals surface area contributed by atoms with E-state index < -0.39 is 0 Å². The number of aryl methyl sites for hydroxylation is 1. The van der Waals surface area contributed by atoms with Gasteiger partial charge in [0.25, 0.3) is 0 Å². The van der Waals surface area contributed by atoms with E-state index in [1.165, 1.54) is 17.5 Å². The van der Waals surface area contributed by atoms with Gasteiger partial charge in [0.15, 0.2) is 0 Å². The van der Waals surface area contributed by atoms with E-state index >= 15 is 0 Å². The van der Waals surface area contributed by atoms with E-state index in [1.807, 2.05) is 0 Å². The monoisotopic (exact) mass is 174 g/mol. The van der Waals surface area contributed by atoms with Gasteiger partial charge in [0.1, 0.15) is 0 Å². The molecule has 0 bridgehead atoms. The second kappa shape index (κ2) is 4.86. The largest absolute Gasteiger partial charge is 0.0910 e. The number of hydrogen-bond acceptors (Lipinski definition) is 0. The standard InChI is InChI=1S/C13H18/c1-4-8-12(5-2)13-10-7-6-9-11(13)3/h4,6-10,12H,5H2,1-3H3. The Hall–Kier alpha value is -1.04. The third-order valence-corrected chi connectivity index (χ3v) is 2.45. The van der Waals surface area contributed by atoms with Crippen molar-refractivity contribution in [3.05, 3.63) is 47.5 Å². The van der Waals surface area contributed by atoms with Crippen LogP contribution in [0.4, 0.5) is 0 Å². The van der Waals surface area contributed by atoms with Gasteiger partial charge in [0.2, 0.25) is 0 Å². The van der Waals surface area contributed by atoms with E-state index in [0.717, 1.165) is 0 Å². The minimum atomic E-state index is 0.589. The zero-order chi connectivity index (χ0) is 9.68. The topological polar surface area (TPSA) is 0 Å². The molecule has 13 heavy (non-hydrogen) atoms. The summed E-state index contributed by atoms with van der Waals surface area (Å²) in [5.41, 5.74) is 2.86. The second-order valence-corrected chi connectivity index (χ2v) is 3.40. The van der Waals surface area contributed by atoms with Crippen LogP contribution in [0.3, 0.4) is 0 Å². The first kappa shape index (κ1) is 10.0. The van der Waals surface area contributed by atoms with Crippen molar-refractivity contribution in [1.29, 1.82) is 0 Å². The van der Waals surface area contributed by atoms with E-state index in [9.17, 15) is 0 Å². The van der Waals surface area contributed by atoms with Crippen molar-refractivity contribution in [2.75, 3.05) is 0 Å². The SMILES string of the molecule is CC=CC(CC)c1ccccc1C. The fourth-order valence-electron chi connectivity index (χ4n) is 1.69. The molecule has 1 aromatic carbocycles. The summed E-state index contributed by atoms with van der Waals surface area (Å²) < 4.78 is 0. The fourth-order valence-corrected chi connectivity index (χ4v) is 1.69. The Balaban J connectivity index is 2.97. The third kappa shape index (κ3) is 2.45. The Morgan fingerprint density at radius 1 is 1.31 bits per heavy atom. The first-order chi connectivity index (χ1) is 6.29. The van der Waals surface area contributed by atoms with Gasteiger partial charge in [0, 0.05) is 5.92 Å². The Morgan fingerprint density at radius 3 is 2.54 bits per heavy atom. The summed E-state index contributed by atoms with van der Waals surface area (Å²) in [7, 11) is 0. The molecule has 1 unspecified atom stereocenters. The van der Waals surface area contributed by atoms with Crippen LogP contribution in [-0.4, -0.2) is 0 Å². The number of allylic oxidation sites excluding steroid dienone is 2. The molecule has 0 heteroatoms. The van der Waals surface area contributed by atoms with Gasteiger partial charge in [-0.1, -0.05) is 43.3 Å². The van der Waals surface area contributed by atoms with Crippen molar-refractivity contribution >= 4 is 0 Å². The molecule has 0 aromatic heterocycles. The van der Waals surface area contributed by atoms with E-state index in [4.69, 9.17) is 0 Å². The quantitative estimate of drug-likeness (QED) is 0.606. The summed E-state index contributed by atoms with van der Waals surface area (Å²) in [4.78, 5) is 0. The van der Waals surface area contributed by atoms with Crippen LogP contribution < -0.4 is 0 Å². The first-order valence-electron chi connectivity index (χ1n) is 4.98. The van der Waals surface area contributed by atoms with Crippen LogP contribution in [0.15, 0.2) is 36.4 Å². The third-order valence-electron chi connectivity index (χ3n) is 2.45. The van der Waals surface area contributed by atoms with Crippen molar-refractivity contribution in [2.45, 2.75) is 33.1 Å². The van der Waals surface area contributed by atoms with Crippen LogP contribution in [0.1, 0.15) is 37.3 Å². The fraction of sp³-hybridized carbons (Fsp3) is 0.385. The Bertz CT molecular complexity index is 284. The number of hydrogen-bond donors (Lipinski definition) is 0. The highest BCUT2D eigenvalue weighted by Gasteiger charge is 2.06. The van der Waals surface area contributed by atoms with E-state index in [-0.39, 0.29) is 0 Å². The van der Waals surface area contributed by atoms with Gasteiger partial charge in [-0.2, -0.15) is 0 Å². The molecule has 0 aliphatic carbocycles. The number of benzene rings is 1. The van der Waals surface area contributed by atoms with Crippen LogP contribution in [0, 0.1) is 6.92 Å². The molecule has 1 atom stereocenters. The zero-order valence-electron chi connectivity index (χ0n) is 8.75. The summed E-state index contributed by atoms with van der Waals surface area (Å²) in [6.07, 6.45) is 5.60. The van der Waals surface area contributed by atoms with Gasteiger partial charge in [-0.05, 0) is 31.4 Å². The predicted molar refractivity (Wildman–Crippen MR) is 59.0 cm³/mol. The summed E-state index contributed by atoms with van der Waals surface area (Å²) in [6, 6.07) is 8.63. The lowest BCUT2D eigenvalue weighted by Gasteiger charge is -2.13. The second-order valence-electron chi connectivity index (χ2n) is 3.40. The maximum Gasteiger partial charge on any atom is 0.00178 e. The highest BCUT2D eigenvalue weighted by molar-refractivity contribution is 5.31. The Morgan fingerprint density at radius 2 is 2.00 bits per heavy atom. The summed E-state index contributed by atoms with van der Waals surface area (Å²) in [5.74, 6) is 0.589. The first-order valence-corrected chi connectivity index (χ1v) is 4.98. The van der Waals surface area contributed by atoms with Crippen molar-refractivity contribution in [1.82, 2.24) is 0 Å². The van der Waals surface area contributed by atoms with Gasteiger partial charge in [0.05, 0.1) is 0 Å². The van der Waals surface area contributed by atoms with Crippen molar-refractivity contribution in [3.63, 3.8) is 0 Å².